The van der Waals surface area contributed by atoms with E-state index in [2.05, 4.69) is 4.74 Å². The fraction of sp³-hybridized carbons (Fsp3) is 0.154. The summed E-state index contributed by atoms with van der Waals surface area (Å²) in [6.07, 6.45) is -7.11. The SMILES string of the molecule is CCOC(=O)C(=Cc1ccc(OC(=O)c2ccc(OC(F)(F)C(F)F)cc2)cc1)c1ccc(N)cc1N. The van der Waals surface area contributed by atoms with E-state index in [1.165, 1.54) is 18.2 Å². The van der Waals surface area contributed by atoms with Gasteiger partial charge in [0.25, 0.3) is 0 Å². The van der Waals surface area contributed by atoms with Crippen LogP contribution in [-0.2, 0) is 9.53 Å². The minimum Gasteiger partial charge on any atom is -0.462 e. The van der Waals surface area contributed by atoms with Crippen LogP contribution in [0.15, 0.2) is 66.7 Å². The molecule has 0 aromatic heterocycles. The molecular formula is C26H22F4N2O5. The van der Waals surface area contributed by atoms with E-state index >= 15 is 0 Å². The Morgan fingerprint density at radius 2 is 1.57 bits per heavy atom. The lowest BCUT2D eigenvalue weighted by Crippen LogP contribution is -2.33. The Bertz CT molecular complexity index is 1290. The fourth-order valence-corrected chi connectivity index (χ4v) is 3.11. The van der Waals surface area contributed by atoms with Crippen molar-refractivity contribution in [2.75, 3.05) is 18.1 Å². The predicted molar refractivity (Wildman–Crippen MR) is 129 cm³/mol. The van der Waals surface area contributed by atoms with Crippen molar-refractivity contribution >= 4 is 35.0 Å². The van der Waals surface area contributed by atoms with Gasteiger partial charge in [0, 0.05) is 16.9 Å². The number of benzene rings is 3. The van der Waals surface area contributed by atoms with Gasteiger partial charge in [0.15, 0.2) is 0 Å². The van der Waals surface area contributed by atoms with Gasteiger partial charge in [0.2, 0.25) is 0 Å². The number of nitrogen functional groups attached to an aromatic ring is 2. The summed E-state index contributed by atoms with van der Waals surface area (Å²) in [7, 11) is 0. The van der Waals surface area contributed by atoms with Crippen LogP contribution in [0.4, 0.5) is 28.9 Å². The van der Waals surface area contributed by atoms with Gasteiger partial charge in [-0.25, -0.2) is 9.59 Å². The molecule has 7 nitrogen and oxygen atoms in total. The summed E-state index contributed by atoms with van der Waals surface area (Å²) >= 11 is 0. The molecule has 0 amide bonds. The Morgan fingerprint density at radius 1 is 0.946 bits per heavy atom. The number of anilines is 2. The van der Waals surface area contributed by atoms with Gasteiger partial charge in [-0.15, -0.1) is 0 Å². The first-order valence-corrected chi connectivity index (χ1v) is 10.8. The summed E-state index contributed by atoms with van der Waals surface area (Å²) in [6.45, 7) is 1.83. The molecule has 0 aliphatic carbocycles. The molecule has 0 radical (unpaired) electrons. The molecule has 0 atom stereocenters. The van der Waals surface area contributed by atoms with E-state index in [4.69, 9.17) is 20.9 Å². The second-order valence-corrected chi connectivity index (χ2v) is 7.57. The van der Waals surface area contributed by atoms with E-state index in [0.29, 0.717) is 22.5 Å². The number of carbonyl (C=O) groups excluding carboxylic acids is 2. The maximum atomic E-state index is 13.0. The maximum absolute atomic E-state index is 13.0. The molecule has 4 N–H and O–H groups in total. The first-order valence-electron chi connectivity index (χ1n) is 10.8. The number of alkyl halides is 4. The molecule has 3 aromatic rings. The Kier molecular flexibility index (Phi) is 8.38. The summed E-state index contributed by atoms with van der Waals surface area (Å²) in [5.41, 5.74) is 13.7. The van der Waals surface area contributed by atoms with Crippen molar-refractivity contribution < 1.29 is 41.4 Å². The number of hydrogen-bond donors (Lipinski definition) is 2. The summed E-state index contributed by atoms with van der Waals surface area (Å²) < 4.78 is 64.8. The Labute approximate surface area is 209 Å². The van der Waals surface area contributed by atoms with Crippen LogP contribution < -0.4 is 20.9 Å². The Balaban J connectivity index is 1.75. The summed E-state index contributed by atoms with van der Waals surface area (Å²) in [4.78, 5) is 24.9. The van der Waals surface area contributed by atoms with Crippen molar-refractivity contribution in [2.45, 2.75) is 19.5 Å². The van der Waals surface area contributed by atoms with Gasteiger partial charge in [-0.05, 0) is 73.2 Å². The quantitative estimate of drug-likeness (QED) is 0.0972. The molecule has 0 aliphatic heterocycles. The van der Waals surface area contributed by atoms with Crippen LogP contribution in [0.25, 0.3) is 11.6 Å². The minimum atomic E-state index is -4.66. The molecule has 194 valence electrons. The second-order valence-electron chi connectivity index (χ2n) is 7.57. The van der Waals surface area contributed by atoms with Crippen molar-refractivity contribution in [3.8, 4) is 11.5 Å². The van der Waals surface area contributed by atoms with E-state index in [1.54, 1.807) is 37.3 Å². The predicted octanol–water partition coefficient (Wildman–Crippen LogP) is 5.41. The summed E-state index contributed by atoms with van der Waals surface area (Å²) in [5.74, 6) is -1.81. The highest BCUT2D eigenvalue weighted by molar-refractivity contribution is 6.23. The van der Waals surface area contributed by atoms with E-state index < -0.39 is 30.2 Å². The van der Waals surface area contributed by atoms with E-state index in [-0.39, 0.29) is 23.5 Å². The highest BCUT2D eigenvalue weighted by atomic mass is 19.3. The third-order valence-corrected chi connectivity index (χ3v) is 4.86. The van der Waals surface area contributed by atoms with Crippen molar-refractivity contribution in [1.29, 1.82) is 0 Å². The van der Waals surface area contributed by atoms with Crippen LogP contribution in [0.1, 0.15) is 28.4 Å². The van der Waals surface area contributed by atoms with Crippen LogP contribution >= 0.6 is 0 Å². The molecule has 37 heavy (non-hydrogen) atoms. The van der Waals surface area contributed by atoms with E-state index in [9.17, 15) is 27.2 Å². The second kappa shape index (κ2) is 11.5. The van der Waals surface area contributed by atoms with Crippen molar-refractivity contribution in [2.24, 2.45) is 0 Å². The van der Waals surface area contributed by atoms with Crippen LogP contribution in [0.5, 0.6) is 11.5 Å². The smallest absolute Gasteiger partial charge is 0.461 e. The molecule has 11 heteroatoms. The van der Waals surface area contributed by atoms with E-state index in [0.717, 1.165) is 24.3 Å². The lowest BCUT2D eigenvalue weighted by molar-refractivity contribution is -0.253. The van der Waals surface area contributed by atoms with Crippen LogP contribution in [0.3, 0.4) is 0 Å². The third kappa shape index (κ3) is 7.00. The number of carbonyl (C=O) groups is 2. The molecule has 0 spiro atoms. The lowest BCUT2D eigenvalue weighted by Gasteiger charge is -2.16. The van der Waals surface area contributed by atoms with Crippen LogP contribution in [0, 0.1) is 0 Å². The number of ether oxygens (including phenoxy) is 3. The van der Waals surface area contributed by atoms with Crippen LogP contribution in [0.2, 0.25) is 0 Å². The summed E-state index contributed by atoms with van der Waals surface area (Å²) in [6, 6.07) is 14.9. The lowest BCUT2D eigenvalue weighted by atomic mass is 10.0. The molecule has 0 saturated carbocycles. The minimum absolute atomic E-state index is 0.0277. The topological polar surface area (TPSA) is 114 Å². The van der Waals surface area contributed by atoms with Gasteiger partial charge in [-0.3, -0.25) is 0 Å². The summed E-state index contributed by atoms with van der Waals surface area (Å²) in [5, 5.41) is 0. The van der Waals surface area contributed by atoms with Gasteiger partial charge in [0.05, 0.1) is 17.7 Å². The Morgan fingerprint density at radius 3 is 2.14 bits per heavy atom. The molecule has 0 unspecified atom stereocenters. The zero-order valence-electron chi connectivity index (χ0n) is 19.4. The normalized spacial score (nSPS) is 11.8. The standard InChI is InChI=1S/C26H22F4N2O5/c1-2-35-24(34)21(20-12-7-17(31)14-22(20)32)13-15-3-8-18(9-4-15)36-23(33)16-5-10-19(11-6-16)37-26(29,30)25(27)28/h3-14,25H,2,31-32H2,1H3. The van der Waals surface area contributed by atoms with E-state index in [1.807, 2.05) is 0 Å². The number of rotatable bonds is 9. The largest absolute Gasteiger partial charge is 0.462 e. The average Bonchev–Trinajstić information content (AvgIpc) is 2.84. The molecule has 0 saturated heterocycles. The highest BCUT2D eigenvalue weighted by Gasteiger charge is 2.43. The molecule has 3 aromatic carbocycles. The average molecular weight is 518 g/mol. The molecule has 0 heterocycles. The monoisotopic (exact) mass is 518 g/mol. The third-order valence-electron chi connectivity index (χ3n) is 4.86. The van der Waals surface area contributed by atoms with Gasteiger partial charge in [0.1, 0.15) is 11.5 Å². The number of halogens is 4. The maximum Gasteiger partial charge on any atom is 0.461 e. The number of esters is 2. The van der Waals surface area contributed by atoms with Crippen molar-refractivity contribution in [1.82, 2.24) is 0 Å². The molecule has 0 fully saturated rings. The van der Waals surface area contributed by atoms with Gasteiger partial charge >= 0.3 is 24.5 Å². The van der Waals surface area contributed by atoms with Gasteiger partial charge in [-0.2, -0.15) is 17.6 Å². The van der Waals surface area contributed by atoms with Crippen molar-refractivity contribution in [3.63, 3.8) is 0 Å². The highest BCUT2D eigenvalue weighted by Crippen LogP contribution is 2.29. The molecular weight excluding hydrogens is 496 g/mol. The first-order chi connectivity index (χ1) is 17.5. The zero-order valence-corrected chi connectivity index (χ0v) is 19.4. The van der Waals surface area contributed by atoms with Crippen molar-refractivity contribution in [3.05, 3.63) is 83.4 Å². The number of nitrogens with two attached hydrogens (primary N) is 2. The fourth-order valence-electron chi connectivity index (χ4n) is 3.11. The van der Waals surface area contributed by atoms with Crippen LogP contribution in [-0.4, -0.2) is 31.1 Å². The van der Waals surface area contributed by atoms with Gasteiger partial charge in [-0.1, -0.05) is 12.1 Å². The first kappa shape index (κ1) is 27.1. The molecule has 0 aliphatic rings. The zero-order chi connectivity index (χ0) is 27.2. The molecule has 0 bridgehead atoms. The Hall–Kier alpha value is -4.54. The molecule has 3 rings (SSSR count). The number of hydrogen-bond acceptors (Lipinski definition) is 7. The van der Waals surface area contributed by atoms with Gasteiger partial charge < -0.3 is 25.7 Å².